The normalized spacial score (nSPS) is 11.6. The number of hydrogen-bond acceptors (Lipinski definition) is 0. The zero-order chi connectivity index (χ0) is 22.1. The van der Waals surface area contributed by atoms with E-state index in [2.05, 4.69) is 146 Å². The molecular formula is C32H24Sn. The van der Waals surface area contributed by atoms with E-state index in [1.54, 1.807) is 0 Å². The molecular weight excluding hydrogens is 503 g/mol. The van der Waals surface area contributed by atoms with Crippen molar-refractivity contribution in [1.82, 2.24) is 0 Å². The Kier molecular flexibility index (Phi) is 5.24. The summed E-state index contributed by atoms with van der Waals surface area (Å²) in [6.45, 7) is 0. The molecule has 0 N–H and O–H groups in total. The van der Waals surface area contributed by atoms with Crippen molar-refractivity contribution in [3.8, 4) is 0 Å². The average Bonchev–Trinajstić information content (AvgIpc) is 2.91. The molecule has 0 fully saturated rings. The van der Waals surface area contributed by atoms with E-state index in [-0.39, 0.29) is 0 Å². The van der Waals surface area contributed by atoms with Gasteiger partial charge in [0.25, 0.3) is 0 Å². The summed E-state index contributed by atoms with van der Waals surface area (Å²) in [5, 5.41) is 5.36. The summed E-state index contributed by atoms with van der Waals surface area (Å²) in [7, 11) is 0. The van der Waals surface area contributed by atoms with Gasteiger partial charge in [0.2, 0.25) is 0 Å². The Hall–Kier alpha value is -3.36. The molecule has 0 aliphatic rings. The molecule has 6 rings (SSSR count). The summed E-state index contributed by atoms with van der Waals surface area (Å²) in [5.41, 5.74) is 0. The van der Waals surface area contributed by atoms with Crippen molar-refractivity contribution in [1.29, 1.82) is 0 Å². The molecule has 156 valence electrons. The van der Waals surface area contributed by atoms with E-state index >= 15 is 0 Å². The van der Waals surface area contributed by atoms with Gasteiger partial charge >= 0.3 is 200 Å². The van der Waals surface area contributed by atoms with Gasteiger partial charge in [0, 0.05) is 0 Å². The molecule has 0 aliphatic carbocycles. The molecule has 0 heterocycles. The molecule has 33 heavy (non-hydrogen) atoms. The summed E-state index contributed by atoms with van der Waals surface area (Å²) in [5.74, 6) is 0. The van der Waals surface area contributed by atoms with E-state index in [4.69, 9.17) is 0 Å². The fourth-order valence-electron chi connectivity index (χ4n) is 5.41. The van der Waals surface area contributed by atoms with Crippen LogP contribution in [0.2, 0.25) is 0 Å². The summed E-state index contributed by atoms with van der Waals surface area (Å²) in [6, 6.07) is 54.1. The van der Waals surface area contributed by atoms with Crippen molar-refractivity contribution >= 4 is 54.2 Å². The number of hydrogen-bond donors (Lipinski definition) is 0. The van der Waals surface area contributed by atoms with Crippen LogP contribution in [0.4, 0.5) is 0 Å². The third kappa shape index (κ3) is 3.29. The molecule has 0 saturated carbocycles. The zero-order valence-electron chi connectivity index (χ0n) is 18.4. The Balaban J connectivity index is 1.87. The second-order valence-electron chi connectivity index (χ2n) is 8.54. The molecule has 6 aromatic rings. The summed E-state index contributed by atoms with van der Waals surface area (Å²) >= 11 is -3.74. The number of fused-ring (bicyclic) bond motifs is 2. The van der Waals surface area contributed by atoms with Crippen molar-refractivity contribution in [3.63, 3.8) is 0 Å². The summed E-state index contributed by atoms with van der Waals surface area (Å²) < 4.78 is 5.98. The molecule has 0 amide bonds. The van der Waals surface area contributed by atoms with Crippen LogP contribution in [-0.4, -0.2) is 18.4 Å². The Morgan fingerprint density at radius 2 is 0.667 bits per heavy atom. The zero-order valence-corrected chi connectivity index (χ0v) is 21.2. The van der Waals surface area contributed by atoms with Crippen LogP contribution in [0.15, 0.2) is 146 Å². The molecule has 0 aromatic heterocycles. The first kappa shape index (κ1) is 20.3. The first-order chi connectivity index (χ1) is 16.4. The Morgan fingerprint density at radius 1 is 0.303 bits per heavy atom. The maximum atomic E-state index is 2.40. The predicted octanol–water partition coefficient (Wildman–Crippen LogP) is 5.37. The Bertz CT molecular complexity index is 1420. The van der Waals surface area contributed by atoms with Gasteiger partial charge in [-0.15, -0.1) is 0 Å². The van der Waals surface area contributed by atoms with E-state index in [0.717, 1.165) is 0 Å². The van der Waals surface area contributed by atoms with Gasteiger partial charge in [-0.25, -0.2) is 0 Å². The van der Waals surface area contributed by atoms with Crippen molar-refractivity contribution in [2.45, 2.75) is 0 Å². The first-order valence-electron chi connectivity index (χ1n) is 11.5. The monoisotopic (exact) mass is 528 g/mol. The van der Waals surface area contributed by atoms with Crippen LogP contribution >= 0.6 is 0 Å². The van der Waals surface area contributed by atoms with Crippen LogP contribution in [0.5, 0.6) is 0 Å². The van der Waals surface area contributed by atoms with Gasteiger partial charge in [0.05, 0.1) is 0 Å². The van der Waals surface area contributed by atoms with Crippen molar-refractivity contribution in [3.05, 3.63) is 146 Å². The van der Waals surface area contributed by atoms with E-state index in [1.807, 2.05) is 0 Å². The molecule has 0 nitrogen and oxygen atoms in total. The topological polar surface area (TPSA) is 0 Å². The van der Waals surface area contributed by atoms with E-state index in [1.165, 1.54) is 35.9 Å². The maximum absolute atomic E-state index is 3.74. The van der Waals surface area contributed by atoms with Crippen molar-refractivity contribution < 1.29 is 0 Å². The summed E-state index contributed by atoms with van der Waals surface area (Å²) in [4.78, 5) is 0. The van der Waals surface area contributed by atoms with E-state index < -0.39 is 18.4 Å². The molecule has 0 bridgehead atoms. The average molecular weight is 527 g/mol. The van der Waals surface area contributed by atoms with E-state index in [0.29, 0.717) is 0 Å². The molecule has 0 aliphatic heterocycles. The van der Waals surface area contributed by atoms with Gasteiger partial charge in [-0.05, 0) is 0 Å². The predicted molar refractivity (Wildman–Crippen MR) is 145 cm³/mol. The molecule has 0 atom stereocenters. The fraction of sp³-hybridized carbons (Fsp3) is 0. The van der Waals surface area contributed by atoms with Crippen LogP contribution < -0.4 is 14.3 Å². The van der Waals surface area contributed by atoms with Gasteiger partial charge in [-0.2, -0.15) is 0 Å². The van der Waals surface area contributed by atoms with Gasteiger partial charge in [0.1, 0.15) is 0 Å². The molecule has 0 saturated heterocycles. The fourth-order valence-corrected chi connectivity index (χ4v) is 20.3. The molecule has 0 radical (unpaired) electrons. The number of benzene rings is 6. The molecule has 1 heteroatoms. The minimum atomic E-state index is -3.74. The second kappa shape index (κ2) is 8.53. The summed E-state index contributed by atoms with van der Waals surface area (Å²) in [6.07, 6.45) is 0. The quantitative estimate of drug-likeness (QED) is 0.271. The third-order valence-electron chi connectivity index (χ3n) is 6.80. The second-order valence-corrected chi connectivity index (χ2v) is 19.2. The van der Waals surface area contributed by atoms with Crippen molar-refractivity contribution in [2.75, 3.05) is 0 Å². The van der Waals surface area contributed by atoms with Crippen molar-refractivity contribution in [2.24, 2.45) is 0 Å². The van der Waals surface area contributed by atoms with Crippen LogP contribution in [0.1, 0.15) is 0 Å². The molecule has 0 unspecified atom stereocenters. The third-order valence-corrected chi connectivity index (χ3v) is 20.7. The van der Waals surface area contributed by atoms with Crippen LogP contribution in [0, 0.1) is 0 Å². The van der Waals surface area contributed by atoms with Gasteiger partial charge < -0.3 is 0 Å². The van der Waals surface area contributed by atoms with E-state index in [9.17, 15) is 0 Å². The SMILES string of the molecule is c1cc[c]([Sn]([c]2ccccc2)([c]2cccc3ccccc23)[c]2cccc3ccccc23)cc1. The van der Waals surface area contributed by atoms with Crippen LogP contribution in [-0.2, 0) is 0 Å². The standard InChI is InChI=1S/2C10H7.2C6H5.Sn/c2*1-2-6-10-8-4-3-7-9(10)5-1;2*1-2-4-6-5-3-1;/h2*1-7H;2*1-5H;. The Labute approximate surface area is 199 Å². The minimum absolute atomic E-state index is 1.31. The Morgan fingerprint density at radius 3 is 1.12 bits per heavy atom. The van der Waals surface area contributed by atoms with Crippen LogP contribution in [0.25, 0.3) is 21.5 Å². The number of rotatable bonds is 4. The van der Waals surface area contributed by atoms with Gasteiger partial charge in [-0.3, -0.25) is 0 Å². The molecule has 6 aromatic carbocycles. The van der Waals surface area contributed by atoms with Gasteiger partial charge in [0.15, 0.2) is 0 Å². The van der Waals surface area contributed by atoms with Gasteiger partial charge in [-0.1, -0.05) is 0 Å². The first-order valence-corrected chi connectivity index (χ1v) is 17.2. The van der Waals surface area contributed by atoms with Crippen LogP contribution in [0.3, 0.4) is 0 Å². The molecule has 0 spiro atoms.